The Morgan fingerprint density at radius 3 is 2.61 bits per heavy atom. The van der Waals surface area contributed by atoms with Gasteiger partial charge in [-0.1, -0.05) is 42.5 Å². The van der Waals surface area contributed by atoms with E-state index in [0.717, 1.165) is 16.3 Å². The van der Waals surface area contributed by atoms with Gasteiger partial charge in [0.1, 0.15) is 0 Å². The molecule has 0 heterocycles. The Kier molecular flexibility index (Phi) is 5.27. The van der Waals surface area contributed by atoms with Crippen LogP contribution >= 0.6 is 0 Å². The first-order valence-corrected chi connectivity index (χ1v) is 4.98. The van der Waals surface area contributed by atoms with Gasteiger partial charge < -0.3 is 1.43 Å². The average molecular weight is 255 g/mol. The van der Waals surface area contributed by atoms with E-state index < -0.39 is 11.1 Å². The summed E-state index contributed by atoms with van der Waals surface area (Å²) < 4.78 is 0. The minimum atomic E-state index is -1.09. The van der Waals surface area contributed by atoms with Crippen molar-refractivity contribution in [1.29, 1.82) is 0 Å². The predicted octanol–water partition coefficient (Wildman–Crippen LogP) is -0.766. The van der Waals surface area contributed by atoms with Gasteiger partial charge in [-0.15, -0.1) is 10.1 Å². The molecule has 2 aromatic rings. The monoisotopic (exact) mass is 255 g/mol. The first-order chi connectivity index (χ1) is 8.16. The SMILES string of the molecule is O=C(Cc1cccc2ccccc12)O[N+](=O)[O-].[H-].[Na+]. The van der Waals surface area contributed by atoms with Gasteiger partial charge >= 0.3 is 40.6 Å². The maximum Gasteiger partial charge on any atom is 1.00 e. The zero-order valence-electron chi connectivity index (χ0n) is 10.8. The van der Waals surface area contributed by atoms with Gasteiger partial charge in [0.25, 0.3) is 0 Å². The molecule has 0 radical (unpaired) electrons. The van der Waals surface area contributed by atoms with Crippen molar-refractivity contribution in [3.8, 4) is 0 Å². The molecule has 0 saturated carbocycles. The van der Waals surface area contributed by atoms with E-state index >= 15 is 0 Å². The molecule has 0 aliphatic rings. The first kappa shape index (κ1) is 14.6. The molecule has 0 aliphatic carbocycles. The summed E-state index contributed by atoms with van der Waals surface area (Å²) in [6, 6.07) is 13.0. The van der Waals surface area contributed by atoms with Crippen LogP contribution in [0.5, 0.6) is 0 Å². The van der Waals surface area contributed by atoms with E-state index in [2.05, 4.69) is 4.84 Å². The van der Waals surface area contributed by atoms with Gasteiger partial charge in [-0.2, -0.15) is 0 Å². The van der Waals surface area contributed by atoms with E-state index in [1.807, 2.05) is 30.3 Å². The topological polar surface area (TPSA) is 69.4 Å². The molecule has 0 N–H and O–H groups in total. The van der Waals surface area contributed by atoms with Crippen LogP contribution in [0.4, 0.5) is 0 Å². The number of fused-ring (bicyclic) bond motifs is 1. The summed E-state index contributed by atoms with van der Waals surface area (Å²) in [5.41, 5.74) is 0.718. The first-order valence-electron chi connectivity index (χ1n) is 4.98. The van der Waals surface area contributed by atoms with E-state index in [9.17, 15) is 14.9 Å². The van der Waals surface area contributed by atoms with Crippen LogP contribution < -0.4 is 29.6 Å². The summed E-state index contributed by atoms with van der Waals surface area (Å²) in [6.07, 6.45) is -0.109. The van der Waals surface area contributed by atoms with Gasteiger partial charge in [0.15, 0.2) is 0 Å². The minimum Gasteiger partial charge on any atom is -1.00 e. The molecule has 0 bridgehead atoms. The Labute approximate surface area is 127 Å². The van der Waals surface area contributed by atoms with Gasteiger partial charge in [-0.05, 0) is 16.3 Å². The van der Waals surface area contributed by atoms with Gasteiger partial charge in [-0.25, -0.2) is 4.84 Å². The molecule has 0 unspecified atom stereocenters. The van der Waals surface area contributed by atoms with Crippen molar-refractivity contribution < 1.29 is 45.7 Å². The molecule has 0 saturated heterocycles. The molecular formula is C12H10NNaO4. The molecule has 0 aromatic heterocycles. The number of benzene rings is 2. The maximum atomic E-state index is 11.2. The minimum absolute atomic E-state index is 0. The molecular weight excluding hydrogens is 245 g/mol. The third-order valence-electron chi connectivity index (χ3n) is 2.39. The standard InChI is InChI=1S/C12H9NO4.Na.H/c14-12(17-13(15)16)8-10-6-3-5-9-4-1-2-7-11(9)10;;/h1-7H,8H2;;/q;+1;-1. The molecule has 88 valence electrons. The van der Waals surface area contributed by atoms with Crippen molar-refractivity contribution in [2.75, 3.05) is 0 Å². The molecule has 0 aliphatic heterocycles. The molecule has 0 spiro atoms. The van der Waals surface area contributed by atoms with Crippen LogP contribution in [0.1, 0.15) is 6.99 Å². The van der Waals surface area contributed by atoms with Crippen molar-refractivity contribution in [2.24, 2.45) is 0 Å². The molecule has 0 amide bonds. The normalized spacial score (nSPS) is 9.56. The van der Waals surface area contributed by atoms with Crippen LogP contribution in [0, 0.1) is 10.1 Å². The van der Waals surface area contributed by atoms with Crippen molar-refractivity contribution in [1.82, 2.24) is 0 Å². The molecule has 18 heavy (non-hydrogen) atoms. The van der Waals surface area contributed by atoms with Crippen LogP contribution in [-0.2, 0) is 16.1 Å². The van der Waals surface area contributed by atoms with Crippen molar-refractivity contribution >= 4 is 16.7 Å². The Balaban J connectivity index is 0.00000162. The van der Waals surface area contributed by atoms with Crippen LogP contribution in [-0.4, -0.2) is 11.1 Å². The summed E-state index contributed by atoms with van der Waals surface area (Å²) in [6.45, 7) is 0. The second-order valence-electron chi connectivity index (χ2n) is 3.50. The number of carbonyl (C=O) groups excluding carboxylic acids is 1. The van der Waals surface area contributed by atoms with E-state index in [1.54, 1.807) is 12.1 Å². The quantitative estimate of drug-likeness (QED) is 0.410. The maximum absolute atomic E-state index is 11.2. The Morgan fingerprint density at radius 1 is 1.22 bits per heavy atom. The number of carbonyl (C=O) groups is 1. The summed E-state index contributed by atoms with van der Waals surface area (Å²) in [4.78, 5) is 25.1. The van der Waals surface area contributed by atoms with Gasteiger partial charge in [0, 0.05) is 0 Å². The van der Waals surface area contributed by atoms with Crippen molar-refractivity contribution in [2.45, 2.75) is 6.42 Å². The third kappa shape index (κ3) is 3.53. The van der Waals surface area contributed by atoms with E-state index in [4.69, 9.17) is 0 Å². The third-order valence-corrected chi connectivity index (χ3v) is 2.39. The fraction of sp³-hybridized carbons (Fsp3) is 0.0833. The smallest absolute Gasteiger partial charge is 1.00 e. The second-order valence-corrected chi connectivity index (χ2v) is 3.50. The number of nitrogens with zero attached hydrogens (tertiary/aromatic N) is 1. The fourth-order valence-corrected chi connectivity index (χ4v) is 1.72. The zero-order chi connectivity index (χ0) is 12.3. The van der Waals surface area contributed by atoms with E-state index in [1.165, 1.54) is 0 Å². The Morgan fingerprint density at radius 2 is 1.89 bits per heavy atom. The average Bonchev–Trinajstić information content (AvgIpc) is 2.28. The number of hydrogen-bond acceptors (Lipinski definition) is 4. The van der Waals surface area contributed by atoms with Crippen molar-refractivity contribution in [3.05, 3.63) is 58.1 Å². The fourth-order valence-electron chi connectivity index (χ4n) is 1.72. The zero-order valence-corrected chi connectivity index (χ0v) is 11.8. The van der Waals surface area contributed by atoms with Gasteiger partial charge in [-0.3, -0.25) is 4.79 Å². The Bertz CT molecular complexity index is 585. The summed E-state index contributed by atoms with van der Waals surface area (Å²) in [5, 5.41) is 10.8. The number of hydrogen-bond donors (Lipinski definition) is 0. The largest absolute Gasteiger partial charge is 1.00 e. The van der Waals surface area contributed by atoms with Crippen molar-refractivity contribution in [3.63, 3.8) is 0 Å². The van der Waals surface area contributed by atoms with Crippen LogP contribution in [0.15, 0.2) is 42.5 Å². The number of rotatable bonds is 3. The molecule has 6 heteroatoms. The molecule has 0 atom stereocenters. The van der Waals surface area contributed by atoms with Crippen LogP contribution in [0.3, 0.4) is 0 Å². The summed E-state index contributed by atoms with van der Waals surface area (Å²) >= 11 is 0. The molecule has 2 aromatic carbocycles. The van der Waals surface area contributed by atoms with Gasteiger partial charge in [0.05, 0.1) is 6.42 Å². The predicted molar refractivity (Wildman–Crippen MR) is 61.9 cm³/mol. The second kappa shape index (κ2) is 6.49. The van der Waals surface area contributed by atoms with Gasteiger partial charge in [0.2, 0.25) is 0 Å². The Hall–Kier alpha value is -1.43. The molecule has 5 nitrogen and oxygen atoms in total. The van der Waals surface area contributed by atoms with Crippen LogP contribution in [0.25, 0.3) is 10.8 Å². The molecule has 0 fully saturated rings. The van der Waals surface area contributed by atoms with E-state index in [0.29, 0.717) is 0 Å². The summed E-state index contributed by atoms with van der Waals surface area (Å²) in [5.74, 6) is -0.869. The van der Waals surface area contributed by atoms with E-state index in [-0.39, 0.29) is 37.4 Å². The summed E-state index contributed by atoms with van der Waals surface area (Å²) in [7, 11) is 0. The van der Waals surface area contributed by atoms with Crippen LogP contribution in [0.2, 0.25) is 0 Å². The molecule has 2 rings (SSSR count).